The number of methoxy groups -OCH3 is 1. The van der Waals surface area contributed by atoms with Crippen LogP contribution in [0, 0.1) is 20.8 Å². The minimum Gasteiger partial charge on any atom is -0.383 e. The minimum absolute atomic E-state index is 0.139. The van der Waals surface area contributed by atoms with E-state index in [1.54, 1.807) is 11.4 Å². The highest BCUT2D eigenvalue weighted by Gasteiger charge is 2.17. The van der Waals surface area contributed by atoms with E-state index in [0.717, 1.165) is 26.9 Å². The molecule has 0 aliphatic rings. The number of aromatic nitrogens is 2. The highest BCUT2D eigenvalue weighted by Crippen LogP contribution is 2.22. The van der Waals surface area contributed by atoms with Crippen LogP contribution < -0.4 is 16.6 Å². The Kier molecular flexibility index (Phi) is 5.81. The van der Waals surface area contributed by atoms with Crippen LogP contribution in [0.4, 0.5) is 5.69 Å². The summed E-state index contributed by atoms with van der Waals surface area (Å²) in [5.41, 5.74) is 3.40. The molecule has 2 heterocycles. The molecule has 0 saturated heterocycles. The van der Waals surface area contributed by atoms with Gasteiger partial charge in [-0.15, -0.1) is 11.3 Å². The van der Waals surface area contributed by atoms with Crippen molar-refractivity contribution in [2.45, 2.75) is 33.9 Å². The minimum atomic E-state index is -0.513. The van der Waals surface area contributed by atoms with Crippen molar-refractivity contribution in [3.63, 3.8) is 0 Å². The van der Waals surface area contributed by atoms with Crippen molar-refractivity contribution in [1.82, 2.24) is 9.13 Å². The largest absolute Gasteiger partial charge is 0.383 e. The van der Waals surface area contributed by atoms with E-state index in [1.165, 1.54) is 23.0 Å². The van der Waals surface area contributed by atoms with Crippen LogP contribution in [0.25, 0.3) is 10.2 Å². The lowest BCUT2D eigenvalue weighted by atomic mass is 10.1. The van der Waals surface area contributed by atoms with Gasteiger partial charge in [0.1, 0.15) is 11.2 Å². The number of aryl methyl sites for hydroxylation is 3. The lowest BCUT2D eigenvalue weighted by molar-refractivity contribution is -0.116. The zero-order valence-corrected chi connectivity index (χ0v) is 17.2. The molecule has 0 unspecified atom stereocenters. The summed E-state index contributed by atoms with van der Waals surface area (Å²) in [5, 5.41) is 4.65. The van der Waals surface area contributed by atoms with Gasteiger partial charge in [0.05, 0.1) is 18.7 Å². The van der Waals surface area contributed by atoms with Crippen LogP contribution in [-0.4, -0.2) is 28.8 Å². The summed E-state index contributed by atoms with van der Waals surface area (Å²) in [6, 6.07) is 5.69. The van der Waals surface area contributed by atoms with Gasteiger partial charge in [-0.25, -0.2) is 4.79 Å². The fraction of sp³-hybridized carbons (Fsp3) is 0.350. The quantitative estimate of drug-likeness (QED) is 0.688. The van der Waals surface area contributed by atoms with Crippen molar-refractivity contribution >= 4 is 33.1 Å². The van der Waals surface area contributed by atoms with Crippen LogP contribution in [-0.2, 0) is 22.6 Å². The van der Waals surface area contributed by atoms with Crippen LogP contribution in [0.5, 0.6) is 0 Å². The molecule has 0 spiro atoms. The number of nitrogens with zero attached hydrogens (tertiary/aromatic N) is 2. The topological polar surface area (TPSA) is 82.3 Å². The number of thiophene rings is 1. The Bertz CT molecular complexity index is 1130. The first kappa shape index (κ1) is 20.0. The highest BCUT2D eigenvalue weighted by atomic mass is 32.1. The summed E-state index contributed by atoms with van der Waals surface area (Å²) in [7, 11) is 1.51. The molecule has 1 aromatic carbocycles. The molecule has 2 aromatic heterocycles. The van der Waals surface area contributed by atoms with Gasteiger partial charge in [-0.2, -0.15) is 0 Å². The molecule has 0 fully saturated rings. The fourth-order valence-electron chi connectivity index (χ4n) is 3.37. The molecular formula is C20H23N3O4S. The molecule has 0 saturated carbocycles. The number of anilines is 1. The number of hydrogen-bond acceptors (Lipinski definition) is 5. The fourth-order valence-corrected chi connectivity index (χ4v) is 4.21. The third kappa shape index (κ3) is 3.79. The van der Waals surface area contributed by atoms with Gasteiger partial charge in [0, 0.05) is 12.8 Å². The second kappa shape index (κ2) is 8.12. The molecule has 8 heteroatoms. The Labute approximate surface area is 166 Å². The van der Waals surface area contributed by atoms with E-state index < -0.39 is 5.69 Å². The van der Waals surface area contributed by atoms with Crippen molar-refractivity contribution < 1.29 is 9.53 Å². The van der Waals surface area contributed by atoms with Crippen molar-refractivity contribution in [2.75, 3.05) is 19.0 Å². The molecule has 0 aliphatic carbocycles. The molecule has 3 aromatic rings. The highest BCUT2D eigenvalue weighted by molar-refractivity contribution is 7.17. The molecule has 7 nitrogen and oxygen atoms in total. The van der Waals surface area contributed by atoms with E-state index in [1.807, 2.05) is 32.9 Å². The third-order valence-electron chi connectivity index (χ3n) is 4.60. The number of benzene rings is 1. The molecule has 0 radical (unpaired) electrons. The molecule has 0 bridgehead atoms. The number of carbonyl (C=O) groups excluding carboxylic acids is 1. The summed E-state index contributed by atoms with van der Waals surface area (Å²) in [4.78, 5) is 38.2. The van der Waals surface area contributed by atoms with Gasteiger partial charge in [-0.05, 0) is 43.3 Å². The molecule has 0 aliphatic heterocycles. The zero-order valence-electron chi connectivity index (χ0n) is 16.4. The van der Waals surface area contributed by atoms with Crippen molar-refractivity contribution in [3.05, 3.63) is 61.1 Å². The molecule has 1 amide bonds. The van der Waals surface area contributed by atoms with Gasteiger partial charge in [-0.3, -0.25) is 18.7 Å². The molecule has 0 atom stereocenters. The Morgan fingerprint density at radius 3 is 2.46 bits per heavy atom. The van der Waals surface area contributed by atoms with Gasteiger partial charge in [0.2, 0.25) is 5.91 Å². The molecule has 148 valence electrons. The smallest absolute Gasteiger partial charge is 0.332 e. The summed E-state index contributed by atoms with van der Waals surface area (Å²) >= 11 is 1.26. The van der Waals surface area contributed by atoms with Crippen LogP contribution in [0.15, 0.2) is 33.2 Å². The van der Waals surface area contributed by atoms with Gasteiger partial charge >= 0.3 is 5.69 Å². The van der Waals surface area contributed by atoms with E-state index >= 15 is 0 Å². The van der Waals surface area contributed by atoms with Crippen molar-refractivity contribution in [1.29, 1.82) is 0 Å². The van der Waals surface area contributed by atoms with Gasteiger partial charge < -0.3 is 10.1 Å². The zero-order chi connectivity index (χ0) is 20.4. The van der Waals surface area contributed by atoms with E-state index in [4.69, 9.17) is 4.74 Å². The Morgan fingerprint density at radius 2 is 1.82 bits per heavy atom. The maximum atomic E-state index is 12.9. The number of amides is 1. The summed E-state index contributed by atoms with van der Waals surface area (Å²) in [5.74, 6) is -0.318. The first-order chi connectivity index (χ1) is 13.3. The van der Waals surface area contributed by atoms with E-state index in [2.05, 4.69) is 5.32 Å². The monoisotopic (exact) mass is 401 g/mol. The number of rotatable bonds is 6. The van der Waals surface area contributed by atoms with E-state index in [9.17, 15) is 14.4 Å². The number of nitrogens with one attached hydrogen (secondary N) is 1. The number of fused-ring (bicyclic) bond motifs is 1. The molecule has 1 N–H and O–H groups in total. The Hall–Kier alpha value is -2.71. The Balaban J connectivity index is 1.98. The van der Waals surface area contributed by atoms with Gasteiger partial charge in [-0.1, -0.05) is 17.7 Å². The van der Waals surface area contributed by atoms with Gasteiger partial charge in [0.25, 0.3) is 5.56 Å². The third-order valence-corrected chi connectivity index (χ3v) is 5.49. The number of ether oxygens (including phenoxy) is 1. The standard InChI is InChI=1S/C20H23N3O4S/c1-12-9-13(2)17(14(3)10-12)21-16(24)11-23-15-5-8-28-18(15)19(25)22(20(23)26)6-7-27-4/h5,8-10H,6-7,11H2,1-4H3,(H,21,24). The molecule has 3 rings (SSSR count). The van der Waals surface area contributed by atoms with Crippen LogP contribution in [0.1, 0.15) is 16.7 Å². The second-order valence-corrected chi connectivity index (χ2v) is 7.69. The van der Waals surface area contributed by atoms with Crippen LogP contribution in [0.2, 0.25) is 0 Å². The first-order valence-electron chi connectivity index (χ1n) is 8.91. The van der Waals surface area contributed by atoms with Crippen LogP contribution in [0.3, 0.4) is 0 Å². The average molecular weight is 401 g/mol. The lowest BCUT2D eigenvalue weighted by Gasteiger charge is -2.15. The number of hydrogen-bond donors (Lipinski definition) is 1. The summed E-state index contributed by atoms with van der Waals surface area (Å²) in [6.45, 7) is 6.07. The second-order valence-electron chi connectivity index (χ2n) is 6.78. The summed E-state index contributed by atoms with van der Waals surface area (Å²) in [6.07, 6.45) is 0. The molecular weight excluding hydrogens is 378 g/mol. The van der Waals surface area contributed by atoms with Gasteiger partial charge in [0.15, 0.2) is 0 Å². The van der Waals surface area contributed by atoms with Crippen molar-refractivity contribution in [2.24, 2.45) is 0 Å². The number of carbonyl (C=O) groups is 1. The van der Waals surface area contributed by atoms with Crippen molar-refractivity contribution in [3.8, 4) is 0 Å². The average Bonchev–Trinajstić information content (AvgIpc) is 3.11. The Morgan fingerprint density at radius 1 is 1.14 bits per heavy atom. The molecule has 28 heavy (non-hydrogen) atoms. The predicted octanol–water partition coefficient (Wildman–Crippen LogP) is 2.44. The summed E-state index contributed by atoms with van der Waals surface area (Å²) < 4.78 is 7.92. The SMILES string of the molecule is COCCn1c(=O)c2sccc2n(CC(=O)Nc2c(C)cc(C)cc2C)c1=O. The first-order valence-corrected chi connectivity index (χ1v) is 9.79. The van der Waals surface area contributed by atoms with E-state index in [-0.39, 0.29) is 31.2 Å². The maximum absolute atomic E-state index is 12.9. The predicted molar refractivity (Wildman–Crippen MR) is 112 cm³/mol. The lowest BCUT2D eigenvalue weighted by Crippen LogP contribution is -2.42. The van der Waals surface area contributed by atoms with Crippen LogP contribution >= 0.6 is 11.3 Å². The normalized spacial score (nSPS) is 11.1. The van der Waals surface area contributed by atoms with E-state index in [0.29, 0.717) is 10.2 Å². The maximum Gasteiger partial charge on any atom is 0.332 e.